The number of imidazole rings is 1. The van der Waals surface area contributed by atoms with Crippen LogP contribution in [0.3, 0.4) is 0 Å². The van der Waals surface area contributed by atoms with Gasteiger partial charge in [-0.25, -0.2) is 0 Å². The first-order valence-corrected chi connectivity index (χ1v) is 6.74. The SMILES string of the molecule is Cc1nc(C2CCC(C)CC2)c2n[c-]n(C)c2n1.[Y+3]. The molecule has 2 aromatic heterocycles. The third-order valence-corrected chi connectivity index (χ3v) is 4.04. The van der Waals surface area contributed by atoms with Gasteiger partial charge in [0.15, 0.2) is 0 Å². The molecule has 5 heteroatoms. The van der Waals surface area contributed by atoms with Gasteiger partial charge in [-0.1, -0.05) is 19.8 Å². The van der Waals surface area contributed by atoms with Gasteiger partial charge in [0.25, 0.3) is 0 Å². The Kier molecular flexibility index (Phi) is 4.72. The Bertz CT molecular complexity index is 570. The standard InChI is InChI=1S/C14H19N4.Y/c1-9-4-6-11(7-5-9)12-13-14(17-10(2)16-12)18(3)8-15-13;/h9,11H,4-7H2,1-3H3;/q-1;+3. The maximum atomic E-state index is 4.66. The second-order valence-electron chi connectivity index (χ2n) is 5.56. The van der Waals surface area contributed by atoms with Crippen molar-refractivity contribution >= 4 is 11.2 Å². The quantitative estimate of drug-likeness (QED) is 0.754. The molecule has 1 aliphatic carbocycles. The minimum Gasteiger partial charge on any atom is -0.435 e. The van der Waals surface area contributed by atoms with Gasteiger partial charge in [0, 0.05) is 17.7 Å². The summed E-state index contributed by atoms with van der Waals surface area (Å²) in [6.07, 6.45) is 8.00. The van der Waals surface area contributed by atoms with E-state index in [1.165, 1.54) is 25.7 Å². The van der Waals surface area contributed by atoms with Crippen LogP contribution >= 0.6 is 0 Å². The smallest absolute Gasteiger partial charge is 0.435 e. The van der Waals surface area contributed by atoms with Crippen LogP contribution in [0.5, 0.6) is 0 Å². The third-order valence-electron chi connectivity index (χ3n) is 4.04. The molecule has 0 N–H and O–H groups in total. The third kappa shape index (κ3) is 2.90. The van der Waals surface area contributed by atoms with E-state index in [2.05, 4.69) is 28.2 Å². The van der Waals surface area contributed by atoms with Crippen molar-refractivity contribution < 1.29 is 32.7 Å². The molecular formula is C14H19N4Y+2. The number of nitrogens with zero attached hydrogens (tertiary/aromatic N) is 4. The van der Waals surface area contributed by atoms with Crippen LogP contribution in [0.4, 0.5) is 0 Å². The second kappa shape index (κ2) is 5.96. The van der Waals surface area contributed by atoms with E-state index in [4.69, 9.17) is 0 Å². The van der Waals surface area contributed by atoms with Crippen LogP contribution in [0.15, 0.2) is 0 Å². The van der Waals surface area contributed by atoms with Crippen LogP contribution in [0.1, 0.15) is 50.0 Å². The van der Waals surface area contributed by atoms with Crippen LogP contribution in [0.25, 0.3) is 11.2 Å². The van der Waals surface area contributed by atoms with Crippen molar-refractivity contribution in [3.63, 3.8) is 0 Å². The zero-order chi connectivity index (χ0) is 12.7. The molecule has 0 spiro atoms. The Morgan fingerprint density at radius 2 is 1.84 bits per heavy atom. The first-order valence-electron chi connectivity index (χ1n) is 6.74. The molecule has 1 fully saturated rings. The predicted octanol–water partition coefficient (Wildman–Crippen LogP) is 2.76. The van der Waals surface area contributed by atoms with Gasteiger partial charge < -0.3 is 9.55 Å². The average Bonchev–Trinajstić information content (AvgIpc) is 2.71. The fourth-order valence-corrected chi connectivity index (χ4v) is 2.90. The van der Waals surface area contributed by atoms with E-state index in [0.29, 0.717) is 5.92 Å². The minimum absolute atomic E-state index is 0. The van der Waals surface area contributed by atoms with Crippen molar-refractivity contribution in [1.29, 1.82) is 0 Å². The maximum Gasteiger partial charge on any atom is 3.00 e. The van der Waals surface area contributed by atoms with Gasteiger partial charge in [-0.05, 0) is 44.2 Å². The molecule has 96 valence electrons. The van der Waals surface area contributed by atoms with Gasteiger partial charge in [-0.2, -0.15) is 0 Å². The molecule has 0 atom stereocenters. The number of aromatic nitrogens is 4. The maximum absolute atomic E-state index is 4.66. The molecule has 2 heterocycles. The average molecular weight is 332 g/mol. The first kappa shape index (κ1) is 15.1. The molecule has 0 unspecified atom stereocenters. The number of aryl methyl sites for hydroxylation is 2. The molecule has 1 aliphatic rings. The molecule has 0 saturated heterocycles. The van der Waals surface area contributed by atoms with Crippen molar-refractivity contribution in [2.45, 2.75) is 45.4 Å². The van der Waals surface area contributed by atoms with E-state index in [1.807, 2.05) is 18.5 Å². The summed E-state index contributed by atoms with van der Waals surface area (Å²) < 4.78 is 1.86. The summed E-state index contributed by atoms with van der Waals surface area (Å²) in [5.41, 5.74) is 3.00. The van der Waals surface area contributed by atoms with Crippen LogP contribution in [0.2, 0.25) is 0 Å². The van der Waals surface area contributed by atoms with Gasteiger partial charge in [0.1, 0.15) is 5.82 Å². The van der Waals surface area contributed by atoms with E-state index in [9.17, 15) is 0 Å². The largest absolute Gasteiger partial charge is 3.00 e. The number of rotatable bonds is 1. The molecule has 0 bridgehead atoms. The normalized spacial score (nSPS) is 23.3. The number of hydrogen-bond donors (Lipinski definition) is 0. The molecule has 0 aliphatic heterocycles. The summed E-state index contributed by atoms with van der Waals surface area (Å²) in [7, 11) is 1.94. The fourth-order valence-electron chi connectivity index (χ4n) is 2.90. The van der Waals surface area contributed by atoms with Gasteiger partial charge in [0.05, 0.1) is 0 Å². The molecular weight excluding hydrogens is 313 g/mol. The van der Waals surface area contributed by atoms with Gasteiger partial charge in [-0.3, -0.25) is 9.97 Å². The Morgan fingerprint density at radius 3 is 2.53 bits per heavy atom. The second-order valence-corrected chi connectivity index (χ2v) is 5.56. The Balaban J connectivity index is 0.00000133. The molecule has 4 nitrogen and oxygen atoms in total. The summed E-state index contributed by atoms with van der Waals surface area (Å²) in [4.78, 5) is 13.5. The molecule has 3 rings (SSSR count). The van der Waals surface area contributed by atoms with Gasteiger partial charge >= 0.3 is 32.7 Å². The Hall–Kier alpha value is -0.346. The summed E-state index contributed by atoms with van der Waals surface area (Å²) in [5.74, 6) is 2.25. The predicted molar refractivity (Wildman–Crippen MR) is 70.3 cm³/mol. The van der Waals surface area contributed by atoms with Crippen molar-refractivity contribution in [1.82, 2.24) is 19.5 Å². The van der Waals surface area contributed by atoms with Gasteiger partial charge in [0.2, 0.25) is 0 Å². The molecule has 1 saturated carbocycles. The number of fused-ring (bicyclic) bond motifs is 1. The van der Waals surface area contributed by atoms with Crippen LogP contribution < -0.4 is 0 Å². The van der Waals surface area contributed by atoms with Gasteiger partial charge in [-0.15, -0.1) is 0 Å². The Labute approximate surface area is 139 Å². The summed E-state index contributed by atoms with van der Waals surface area (Å²) in [6, 6.07) is 0. The molecule has 19 heavy (non-hydrogen) atoms. The molecule has 2 aromatic rings. The van der Waals surface area contributed by atoms with Crippen molar-refractivity contribution in [3.05, 3.63) is 17.8 Å². The van der Waals surface area contributed by atoms with Crippen LogP contribution in [-0.2, 0) is 39.8 Å². The first-order chi connectivity index (χ1) is 8.65. The molecule has 0 amide bonds. The molecule has 0 radical (unpaired) electrons. The van der Waals surface area contributed by atoms with Crippen LogP contribution in [0, 0.1) is 19.2 Å². The topological polar surface area (TPSA) is 43.6 Å². The fraction of sp³-hybridized carbons (Fsp3) is 0.643. The number of hydrogen-bond acceptors (Lipinski definition) is 3. The monoisotopic (exact) mass is 332 g/mol. The zero-order valence-electron chi connectivity index (χ0n) is 11.8. The van der Waals surface area contributed by atoms with E-state index in [-0.39, 0.29) is 32.7 Å². The van der Waals surface area contributed by atoms with Crippen molar-refractivity contribution in [2.24, 2.45) is 13.0 Å². The van der Waals surface area contributed by atoms with Crippen LogP contribution in [-0.4, -0.2) is 19.5 Å². The molecule has 0 aromatic carbocycles. The van der Waals surface area contributed by atoms with E-state index in [1.54, 1.807) is 0 Å². The Morgan fingerprint density at radius 1 is 1.16 bits per heavy atom. The minimum atomic E-state index is 0. The zero-order valence-corrected chi connectivity index (χ0v) is 14.7. The van der Waals surface area contributed by atoms with E-state index < -0.39 is 0 Å². The summed E-state index contributed by atoms with van der Waals surface area (Å²) >= 11 is 0. The van der Waals surface area contributed by atoms with E-state index in [0.717, 1.165) is 28.6 Å². The summed E-state index contributed by atoms with van der Waals surface area (Å²) in [5, 5.41) is 0. The summed E-state index contributed by atoms with van der Waals surface area (Å²) in [6.45, 7) is 4.30. The van der Waals surface area contributed by atoms with Crippen molar-refractivity contribution in [3.8, 4) is 0 Å². The van der Waals surface area contributed by atoms with E-state index >= 15 is 0 Å². The van der Waals surface area contributed by atoms with Crippen molar-refractivity contribution in [2.75, 3.05) is 0 Å².